The first-order valence-electron chi connectivity index (χ1n) is 5.73. The normalized spacial score (nSPS) is 12.2. The highest BCUT2D eigenvalue weighted by Gasteiger charge is 2.11. The first kappa shape index (κ1) is 13.6. The molecule has 1 aromatic carbocycles. The van der Waals surface area contributed by atoms with Crippen LogP contribution in [0.1, 0.15) is 24.9 Å². The van der Waals surface area contributed by atoms with Gasteiger partial charge in [0.2, 0.25) is 5.91 Å². The average Bonchev–Trinajstić information content (AvgIpc) is 2.31. The van der Waals surface area contributed by atoms with Crippen LogP contribution in [0.4, 0.5) is 4.39 Å². The maximum Gasteiger partial charge on any atom is 0.236 e. The number of amides is 1. The number of likely N-dealkylation sites (N-methyl/N-ethyl adjacent to an activating group) is 1. The van der Waals surface area contributed by atoms with Gasteiger partial charge in [-0.1, -0.05) is 19.1 Å². The lowest BCUT2D eigenvalue weighted by molar-refractivity contribution is -0.127. The molecule has 1 aromatic rings. The van der Waals surface area contributed by atoms with Crippen LogP contribution in [0.5, 0.6) is 0 Å². The zero-order valence-corrected chi connectivity index (χ0v) is 10.5. The van der Waals surface area contributed by atoms with E-state index in [9.17, 15) is 9.18 Å². The van der Waals surface area contributed by atoms with Gasteiger partial charge in [0.1, 0.15) is 5.82 Å². The van der Waals surface area contributed by atoms with Gasteiger partial charge in [-0.05, 0) is 24.1 Å². The molecular weight excluding hydrogens is 219 g/mol. The summed E-state index contributed by atoms with van der Waals surface area (Å²) in [5.74, 6) is -0.210. The summed E-state index contributed by atoms with van der Waals surface area (Å²) in [5.41, 5.74) is 1.00. The predicted molar refractivity (Wildman–Crippen MR) is 66.1 cm³/mol. The third-order valence-corrected chi connectivity index (χ3v) is 2.68. The number of carbonyl (C=O) groups is 1. The van der Waals surface area contributed by atoms with Gasteiger partial charge in [-0.15, -0.1) is 0 Å². The van der Waals surface area contributed by atoms with E-state index in [-0.39, 0.29) is 17.8 Å². The standard InChI is InChI=1S/C13H19FN2O/c1-4-12(15-9-13(17)16(2)3)10-5-7-11(14)8-6-10/h5-8,12,15H,4,9H2,1-3H3. The maximum absolute atomic E-state index is 12.8. The van der Waals surface area contributed by atoms with Crippen molar-refractivity contribution in [2.24, 2.45) is 0 Å². The molecule has 3 nitrogen and oxygen atoms in total. The lowest BCUT2D eigenvalue weighted by Crippen LogP contribution is -2.34. The Labute approximate surface area is 102 Å². The SMILES string of the molecule is CCC(NCC(=O)N(C)C)c1ccc(F)cc1. The van der Waals surface area contributed by atoms with Crippen LogP contribution in [0.3, 0.4) is 0 Å². The van der Waals surface area contributed by atoms with Gasteiger partial charge in [-0.2, -0.15) is 0 Å². The number of benzene rings is 1. The monoisotopic (exact) mass is 238 g/mol. The number of hydrogen-bond acceptors (Lipinski definition) is 2. The van der Waals surface area contributed by atoms with Crippen molar-refractivity contribution in [2.75, 3.05) is 20.6 Å². The summed E-state index contributed by atoms with van der Waals surface area (Å²) >= 11 is 0. The fourth-order valence-corrected chi connectivity index (χ4v) is 1.56. The Hall–Kier alpha value is -1.42. The molecule has 17 heavy (non-hydrogen) atoms. The van der Waals surface area contributed by atoms with Crippen LogP contribution in [-0.2, 0) is 4.79 Å². The Bertz CT molecular complexity index is 362. The zero-order valence-electron chi connectivity index (χ0n) is 10.5. The summed E-state index contributed by atoms with van der Waals surface area (Å²) in [6.45, 7) is 2.32. The van der Waals surface area contributed by atoms with Crippen LogP contribution >= 0.6 is 0 Å². The second kappa shape index (κ2) is 6.35. The molecule has 1 atom stereocenters. The number of carbonyl (C=O) groups excluding carboxylic acids is 1. The van der Waals surface area contributed by atoms with E-state index in [0.29, 0.717) is 6.54 Å². The van der Waals surface area contributed by atoms with Gasteiger partial charge in [-0.25, -0.2) is 4.39 Å². The van der Waals surface area contributed by atoms with E-state index in [2.05, 4.69) is 5.32 Å². The van der Waals surface area contributed by atoms with Gasteiger partial charge in [0.25, 0.3) is 0 Å². The summed E-state index contributed by atoms with van der Waals surface area (Å²) in [7, 11) is 3.45. The van der Waals surface area contributed by atoms with E-state index in [4.69, 9.17) is 0 Å². The van der Waals surface area contributed by atoms with E-state index in [1.807, 2.05) is 6.92 Å². The molecule has 4 heteroatoms. The summed E-state index contributed by atoms with van der Waals surface area (Å²) in [5, 5.41) is 3.17. The molecule has 1 amide bonds. The molecule has 0 radical (unpaired) electrons. The van der Waals surface area contributed by atoms with E-state index in [1.165, 1.54) is 12.1 Å². The topological polar surface area (TPSA) is 32.3 Å². The third-order valence-electron chi connectivity index (χ3n) is 2.68. The van der Waals surface area contributed by atoms with Gasteiger partial charge < -0.3 is 10.2 Å². The molecule has 94 valence electrons. The predicted octanol–water partition coefficient (Wildman–Crippen LogP) is 1.95. The van der Waals surface area contributed by atoms with Crippen LogP contribution in [0, 0.1) is 5.82 Å². The molecule has 0 fully saturated rings. The van der Waals surface area contributed by atoms with E-state index in [1.54, 1.807) is 31.1 Å². The molecule has 0 aliphatic rings. The van der Waals surface area contributed by atoms with Crippen molar-refractivity contribution >= 4 is 5.91 Å². The maximum atomic E-state index is 12.8. The van der Waals surface area contributed by atoms with Crippen molar-refractivity contribution in [1.82, 2.24) is 10.2 Å². The molecule has 0 aliphatic carbocycles. The van der Waals surface area contributed by atoms with Crippen LogP contribution in [-0.4, -0.2) is 31.4 Å². The second-order valence-corrected chi connectivity index (χ2v) is 4.18. The van der Waals surface area contributed by atoms with E-state index >= 15 is 0 Å². The van der Waals surface area contributed by atoms with Crippen molar-refractivity contribution in [2.45, 2.75) is 19.4 Å². The lowest BCUT2D eigenvalue weighted by Gasteiger charge is -2.18. The zero-order chi connectivity index (χ0) is 12.8. The van der Waals surface area contributed by atoms with Crippen molar-refractivity contribution in [1.29, 1.82) is 0 Å². The van der Waals surface area contributed by atoms with Crippen LogP contribution in [0.15, 0.2) is 24.3 Å². The smallest absolute Gasteiger partial charge is 0.236 e. The van der Waals surface area contributed by atoms with Crippen molar-refractivity contribution in [3.8, 4) is 0 Å². The Morgan fingerprint density at radius 1 is 1.35 bits per heavy atom. The molecule has 0 saturated heterocycles. The summed E-state index contributed by atoms with van der Waals surface area (Å²) < 4.78 is 12.8. The Morgan fingerprint density at radius 2 is 1.94 bits per heavy atom. The molecular formula is C13H19FN2O. The fraction of sp³-hybridized carbons (Fsp3) is 0.462. The molecule has 1 N–H and O–H groups in total. The highest BCUT2D eigenvalue weighted by atomic mass is 19.1. The molecule has 1 unspecified atom stereocenters. The lowest BCUT2D eigenvalue weighted by atomic mass is 10.0. The number of halogens is 1. The Morgan fingerprint density at radius 3 is 2.41 bits per heavy atom. The molecule has 0 saturated carbocycles. The van der Waals surface area contributed by atoms with Crippen molar-refractivity contribution in [3.05, 3.63) is 35.6 Å². The minimum Gasteiger partial charge on any atom is -0.348 e. The molecule has 0 aliphatic heterocycles. The van der Waals surface area contributed by atoms with Gasteiger partial charge in [0.05, 0.1) is 6.54 Å². The second-order valence-electron chi connectivity index (χ2n) is 4.18. The van der Waals surface area contributed by atoms with E-state index < -0.39 is 0 Å². The Kier molecular flexibility index (Phi) is 5.10. The summed E-state index contributed by atoms with van der Waals surface area (Å²) in [6, 6.07) is 6.45. The van der Waals surface area contributed by atoms with Crippen molar-refractivity contribution in [3.63, 3.8) is 0 Å². The van der Waals surface area contributed by atoms with Gasteiger partial charge in [0.15, 0.2) is 0 Å². The van der Waals surface area contributed by atoms with E-state index in [0.717, 1.165) is 12.0 Å². The summed E-state index contributed by atoms with van der Waals surface area (Å²) in [4.78, 5) is 13.0. The Balaban J connectivity index is 2.60. The summed E-state index contributed by atoms with van der Waals surface area (Å²) in [6.07, 6.45) is 0.854. The molecule has 0 heterocycles. The first-order chi connectivity index (χ1) is 8.04. The molecule has 1 rings (SSSR count). The average molecular weight is 238 g/mol. The van der Waals surface area contributed by atoms with Gasteiger partial charge in [0, 0.05) is 20.1 Å². The number of nitrogens with one attached hydrogen (secondary N) is 1. The molecule has 0 bridgehead atoms. The minimum atomic E-state index is -0.243. The molecule has 0 aromatic heterocycles. The fourth-order valence-electron chi connectivity index (χ4n) is 1.56. The quantitative estimate of drug-likeness (QED) is 0.850. The number of hydrogen-bond donors (Lipinski definition) is 1. The van der Waals surface area contributed by atoms with Crippen LogP contribution in [0.25, 0.3) is 0 Å². The highest BCUT2D eigenvalue weighted by Crippen LogP contribution is 2.16. The minimum absolute atomic E-state index is 0.0329. The van der Waals surface area contributed by atoms with Crippen LogP contribution < -0.4 is 5.32 Å². The highest BCUT2D eigenvalue weighted by molar-refractivity contribution is 5.77. The van der Waals surface area contributed by atoms with Gasteiger partial charge in [-0.3, -0.25) is 4.79 Å². The third kappa shape index (κ3) is 4.15. The largest absolute Gasteiger partial charge is 0.348 e. The molecule has 0 spiro atoms. The van der Waals surface area contributed by atoms with Crippen molar-refractivity contribution < 1.29 is 9.18 Å². The number of rotatable bonds is 5. The van der Waals surface area contributed by atoms with Crippen LogP contribution in [0.2, 0.25) is 0 Å². The number of nitrogens with zero attached hydrogens (tertiary/aromatic N) is 1. The van der Waals surface area contributed by atoms with Gasteiger partial charge >= 0.3 is 0 Å². The first-order valence-corrected chi connectivity index (χ1v) is 5.73.